The maximum Gasteiger partial charge on any atom is 0.328 e. The molecule has 0 spiro atoms. The van der Waals surface area contributed by atoms with Gasteiger partial charge in [0.2, 0.25) is 11.8 Å². The summed E-state index contributed by atoms with van der Waals surface area (Å²) in [5, 5.41) is 3.09. The number of ether oxygens (including phenoxy) is 2. The minimum atomic E-state index is -0.653. The Labute approximate surface area is 227 Å². The SMILES string of the molecule is COc1ccc2cc1OCCCCN(C(=O)Cn1cc(C)c(=O)[nH]c1=O)CC(=O)NC[C@H]1C[C@H]2N2CCC[C@@H]12. The number of hydrogen-bond donors (Lipinski definition) is 2. The molecule has 3 aliphatic rings. The maximum absolute atomic E-state index is 13.2. The number of carbonyl (C=O) groups excluding carboxylic acids is 2. The zero-order valence-corrected chi connectivity index (χ0v) is 22.6. The van der Waals surface area contributed by atoms with Crippen molar-refractivity contribution in [3.8, 4) is 11.5 Å². The number of aryl methyl sites for hydroxylation is 1. The minimum Gasteiger partial charge on any atom is -0.493 e. The Morgan fingerprint density at radius 3 is 2.82 bits per heavy atom. The van der Waals surface area contributed by atoms with Crippen LogP contribution in [-0.2, 0) is 16.1 Å². The Kier molecular flexibility index (Phi) is 8.06. The second-order valence-corrected chi connectivity index (χ2v) is 10.7. The van der Waals surface area contributed by atoms with Crippen LogP contribution in [0.4, 0.5) is 0 Å². The molecular weight excluding hydrogens is 502 g/mol. The van der Waals surface area contributed by atoms with E-state index in [1.54, 1.807) is 14.0 Å². The normalized spacial score (nSPS) is 24.1. The molecule has 4 heterocycles. The second kappa shape index (κ2) is 11.6. The van der Waals surface area contributed by atoms with Crippen molar-refractivity contribution in [2.45, 2.75) is 57.7 Å². The third-order valence-corrected chi connectivity index (χ3v) is 8.21. The molecule has 11 nitrogen and oxygen atoms in total. The predicted molar refractivity (Wildman–Crippen MR) is 144 cm³/mol. The van der Waals surface area contributed by atoms with Gasteiger partial charge in [0.25, 0.3) is 5.56 Å². The Morgan fingerprint density at radius 2 is 2.00 bits per heavy atom. The largest absolute Gasteiger partial charge is 0.493 e. The summed E-state index contributed by atoms with van der Waals surface area (Å²) in [5.41, 5.74) is 0.410. The maximum atomic E-state index is 13.2. The Morgan fingerprint density at radius 1 is 1.15 bits per heavy atom. The molecule has 2 N–H and O–H groups in total. The van der Waals surface area contributed by atoms with Crippen LogP contribution in [-0.4, -0.2) is 77.1 Å². The quantitative estimate of drug-likeness (QED) is 0.600. The van der Waals surface area contributed by atoms with E-state index in [1.807, 2.05) is 6.07 Å². The standard InChI is InChI=1S/C28H37N5O6/c1-18-15-32(28(37)30-27(18)36)17-26(35)31-9-3-4-11-39-24-13-19(7-8-23(24)38-2)22-12-20(14-29-25(34)16-31)21-6-5-10-33(21)22/h7-8,13,15,20-22H,3-6,9-12,14,16-17H2,1-2H3,(H,29,34)(H,30,36,37)/t20-,21+,22-/m1/s1. The average Bonchev–Trinajstić information content (AvgIpc) is 3.52. The average molecular weight is 540 g/mol. The van der Waals surface area contributed by atoms with Crippen molar-refractivity contribution < 1.29 is 19.1 Å². The Hall–Kier alpha value is -3.60. The van der Waals surface area contributed by atoms with Gasteiger partial charge in [-0.2, -0.15) is 0 Å². The van der Waals surface area contributed by atoms with Crippen molar-refractivity contribution in [1.82, 2.24) is 24.7 Å². The Bertz CT molecular complexity index is 1340. The van der Waals surface area contributed by atoms with Crippen molar-refractivity contribution in [1.29, 1.82) is 0 Å². The highest BCUT2D eigenvalue weighted by atomic mass is 16.5. The van der Waals surface area contributed by atoms with Crippen molar-refractivity contribution in [2.75, 3.05) is 39.9 Å². The van der Waals surface area contributed by atoms with Crippen molar-refractivity contribution in [3.63, 3.8) is 0 Å². The summed E-state index contributed by atoms with van der Waals surface area (Å²) in [6.45, 7) is 3.59. The topological polar surface area (TPSA) is 126 Å². The molecule has 2 fully saturated rings. The highest BCUT2D eigenvalue weighted by molar-refractivity contribution is 5.84. The first-order valence-electron chi connectivity index (χ1n) is 13.8. The smallest absolute Gasteiger partial charge is 0.328 e. The molecule has 39 heavy (non-hydrogen) atoms. The van der Waals surface area contributed by atoms with Gasteiger partial charge in [-0.25, -0.2) is 4.79 Å². The molecule has 0 unspecified atom stereocenters. The summed E-state index contributed by atoms with van der Waals surface area (Å²) in [7, 11) is 1.64. The molecule has 0 saturated carbocycles. The van der Waals surface area contributed by atoms with Gasteiger partial charge in [-0.3, -0.25) is 28.8 Å². The number of amides is 2. The molecule has 0 aliphatic carbocycles. The molecule has 3 aliphatic heterocycles. The first-order valence-corrected chi connectivity index (χ1v) is 13.8. The van der Waals surface area contributed by atoms with Crippen LogP contribution in [0.1, 0.15) is 49.3 Å². The van der Waals surface area contributed by atoms with Crippen molar-refractivity contribution in [3.05, 3.63) is 56.4 Å². The van der Waals surface area contributed by atoms with Crippen LogP contribution < -0.4 is 26.0 Å². The van der Waals surface area contributed by atoms with E-state index in [0.717, 1.165) is 31.6 Å². The molecule has 11 heteroatoms. The third-order valence-electron chi connectivity index (χ3n) is 8.21. The van der Waals surface area contributed by atoms with Crippen LogP contribution in [0.2, 0.25) is 0 Å². The van der Waals surface area contributed by atoms with E-state index in [-0.39, 0.29) is 30.9 Å². The highest BCUT2D eigenvalue weighted by Crippen LogP contribution is 2.46. The van der Waals surface area contributed by atoms with Gasteiger partial charge in [0, 0.05) is 36.9 Å². The fraction of sp³-hybridized carbons (Fsp3) is 0.571. The summed E-state index contributed by atoms with van der Waals surface area (Å²) in [5.74, 6) is 1.15. The van der Waals surface area contributed by atoms with Gasteiger partial charge in [-0.15, -0.1) is 0 Å². The van der Waals surface area contributed by atoms with Gasteiger partial charge in [0.1, 0.15) is 6.54 Å². The molecule has 1 aromatic heterocycles. The van der Waals surface area contributed by atoms with E-state index in [1.165, 1.54) is 21.2 Å². The zero-order valence-electron chi connectivity index (χ0n) is 22.6. The molecule has 3 atom stereocenters. The van der Waals surface area contributed by atoms with Crippen molar-refractivity contribution >= 4 is 11.8 Å². The number of carbonyl (C=O) groups is 2. The molecule has 2 saturated heterocycles. The molecule has 1 aromatic carbocycles. The van der Waals surface area contributed by atoms with Gasteiger partial charge in [0.05, 0.1) is 20.3 Å². The lowest BCUT2D eigenvalue weighted by molar-refractivity contribution is -0.136. The van der Waals surface area contributed by atoms with E-state index in [2.05, 4.69) is 27.3 Å². The predicted octanol–water partition coefficient (Wildman–Crippen LogP) is 1.20. The van der Waals surface area contributed by atoms with Crippen LogP contribution in [0, 0.1) is 12.8 Å². The summed E-state index contributed by atoms with van der Waals surface area (Å²) in [4.78, 5) is 56.4. The molecule has 0 radical (unpaired) electrons. The summed E-state index contributed by atoms with van der Waals surface area (Å²) in [6, 6.07) is 6.85. The van der Waals surface area contributed by atoms with Crippen LogP contribution in [0.3, 0.4) is 0 Å². The lowest BCUT2D eigenvalue weighted by atomic mass is 9.94. The number of aromatic nitrogens is 2. The highest BCUT2D eigenvalue weighted by Gasteiger charge is 2.44. The zero-order chi connectivity index (χ0) is 27.5. The number of nitrogens with one attached hydrogen (secondary N) is 2. The number of aromatic amines is 1. The molecule has 4 bridgehead atoms. The molecule has 210 valence electrons. The van der Waals surface area contributed by atoms with E-state index >= 15 is 0 Å². The number of methoxy groups -OCH3 is 1. The number of nitrogens with zero attached hydrogens (tertiary/aromatic N) is 3. The number of rotatable bonds is 3. The molecule has 2 aromatic rings. The van der Waals surface area contributed by atoms with Crippen LogP contribution in [0.25, 0.3) is 0 Å². The number of hydrogen-bond acceptors (Lipinski definition) is 7. The third kappa shape index (κ3) is 5.88. The Balaban J connectivity index is 1.35. The van der Waals surface area contributed by atoms with Crippen LogP contribution in [0.15, 0.2) is 34.0 Å². The van der Waals surface area contributed by atoms with Gasteiger partial charge in [-0.1, -0.05) is 6.07 Å². The summed E-state index contributed by atoms with van der Waals surface area (Å²) in [6.07, 6.45) is 5.83. The number of fused-ring (bicyclic) bond motifs is 8. The van der Waals surface area contributed by atoms with Crippen molar-refractivity contribution in [2.24, 2.45) is 5.92 Å². The summed E-state index contributed by atoms with van der Waals surface area (Å²) < 4.78 is 12.9. The lowest BCUT2D eigenvalue weighted by Crippen LogP contribution is -2.45. The van der Waals surface area contributed by atoms with Crippen LogP contribution in [0.5, 0.6) is 11.5 Å². The van der Waals surface area contributed by atoms with E-state index in [9.17, 15) is 19.2 Å². The van der Waals surface area contributed by atoms with E-state index in [4.69, 9.17) is 9.47 Å². The fourth-order valence-corrected chi connectivity index (χ4v) is 6.18. The number of H-pyrrole nitrogens is 1. The van der Waals surface area contributed by atoms with Gasteiger partial charge < -0.3 is 19.7 Å². The first-order chi connectivity index (χ1) is 18.8. The fourth-order valence-electron chi connectivity index (χ4n) is 6.18. The molecule has 2 amide bonds. The first kappa shape index (κ1) is 27.0. The monoisotopic (exact) mass is 539 g/mol. The second-order valence-electron chi connectivity index (χ2n) is 10.7. The van der Waals surface area contributed by atoms with Gasteiger partial charge in [0.15, 0.2) is 11.5 Å². The minimum absolute atomic E-state index is 0.0891. The van der Waals surface area contributed by atoms with Gasteiger partial charge in [-0.05, 0) is 69.2 Å². The van der Waals surface area contributed by atoms with E-state index in [0.29, 0.717) is 55.8 Å². The molecule has 5 rings (SSSR count). The summed E-state index contributed by atoms with van der Waals surface area (Å²) >= 11 is 0. The van der Waals surface area contributed by atoms with Gasteiger partial charge >= 0.3 is 5.69 Å². The number of benzene rings is 1. The van der Waals surface area contributed by atoms with Crippen LogP contribution >= 0.6 is 0 Å². The molecular formula is C28H37N5O6. The van der Waals surface area contributed by atoms with E-state index < -0.39 is 11.2 Å². The lowest BCUT2D eigenvalue weighted by Gasteiger charge is -2.25.